The molecule has 3 aliphatic rings. The molecule has 0 radical (unpaired) electrons. The quantitative estimate of drug-likeness (QED) is 0.860. The van der Waals surface area contributed by atoms with E-state index in [2.05, 4.69) is 39.0 Å². The summed E-state index contributed by atoms with van der Waals surface area (Å²) < 4.78 is 2.01. The molecule has 2 atom stereocenters. The minimum Gasteiger partial charge on any atom is -0.328 e. The number of nitrogens with zero attached hydrogens (tertiary/aromatic N) is 3. The number of fused-ring (bicyclic) bond motifs is 4. The van der Waals surface area contributed by atoms with Crippen LogP contribution in [0.5, 0.6) is 0 Å². The summed E-state index contributed by atoms with van der Waals surface area (Å²) >= 11 is 1.73. The first kappa shape index (κ1) is 14.4. The Morgan fingerprint density at radius 2 is 2.17 bits per heavy atom. The van der Waals surface area contributed by atoms with Gasteiger partial charge in [0, 0.05) is 22.9 Å². The lowest BCUT2D eigenvalue weighted by Gasteiger charge is -2.48. The van der Waals surface area contributed by atoms with Crippen LogP contribution in [0.3, 0.4) is 0 Å². The molecule has 1 N–H and O–H groups in total. The Morgan fingerprint density at radius 3 is 2.96 bits per heavy atom. The van der Waals surface area contributed by atoms with Crippen molar-refractivity contribution in [1.29, 1.82) is 0 Å². The van der Waals surface area contributed by atoms with Gasteiger partial charge in [-0.25, -0.2) is 4.68 Å². The van der Waals surface area contributed by atoms with Crippen LogP contribution in [0.4, 0.5) is 5.95 Å². The molecule has 24 heavy (non-hydrogen) atoms. The first-order chi connectivity index (χ1) is 11.8. The third-order valence-corrected chi connectivity index (χ3v) is 6.83. The highest BCUT2D eigenvalue weighted by atomic mass is 32.1. The van der Waals surface area contributed by atoms with Crippen molar-refractivity contribution in [2.24, 2.45) is 5.92 Å². The molecule has 0 amide bonds. The molecule has 1 aliphatic heterocycles. The highest BCUT2D eigenvalue weighted by Gasteiger charge is 2.53. The zero-order chi connectivity index (χ0) is 16.1. The molecule has 2 aliphatic carbocycles. The van der Waals surface area contributed by atoms with Gasteiger partial charge in [-0.05, 0) is 24.3 Å². The average Bonchev–Trinajstić information content (AvgIpc) is 3.27. The first-order valence-electron chi connectivity index (χ1n) is 8.73. The van der Waals surface area contributed by atoms with Crippen LogP contribution in [0, 0.1) is 5.92 Å². The van der Waals surface area contributed by atoms with Gasteiger partial charge in [0.15, 0.2) is 0 Å². The number of nitrogens with one attached hydrogen (secondary N) is 1. The van der Waals surface area contributed by atoms with Crippen LogP contribution in [0.2, 0.25) is 0 Å². The minimum atomic E-state index is -0.210. The number of anilines is 1. The van der Waals surface area contributed by atoms with Crippen LogP contribution in [0.25, 0.3) is 0 Å². The topological polar surface area (TPSA) is 59.8 Å². The van der Waals surface area contributed by atoms with Gasteiger partial charge >= 0.3 is 0 Å². The maximum absolute atomic E-state index is 13.2. The number of carbonyl (C=O) groups is 1. The van der Waals surface area contributed by atoms with Crippen LogP contribution >= 0.6 is 11.3 Å². The lowest BCUT2D eigenvalue weighted by Crippen LogP contribution is -2.53. The smallest absolute Gasteiger partial charge is 0.225 e. The number of ketones is 1. The van der Waals surface area contributed by atoms with Crippen molar-refractivity contribution >= 4 is 23.1 Å². The molecule has 0 bridgehead atoms. The molecule has 1 spiro atoms. The van der Waals surface area contributed by atoms with Crippen molar-refractivity contribution in [3.05, 3.63) is 40.5 Å². The van der Waals surface area contributed by atoms with Gasteiger partial charge in [-0.15, -0.1) is 11.3 Å². The number of hydrogen-bond acceptors (Lipinski definition) is 5. The second-order valence-electron chi connectivity index (χ2n) is 7.13. The predicted molar refractivity (Wildman–Crippen MR) is 93.0 cm³/mol. The normalized spacial score (nSPS) is 28.0. The van der Waals surface area contributed by atoms with E-state index in [1.54, 1.807) is 17.7 Å². The summed E-state index contributed by atoms with van der Waals surface area (Å²) in [6.45, 7) is 0. The van der Waals surface area contributed by atoms with E-state index in [-0.39, 0.29) is 17.4 Å². The maximum Gasteiger partial charge on any atom is 0.225 e. The monoisotopic (exact) mass is 340 g/mol. The molecule has 3 heterocycles. The summed E-state index contributed by atoms with van der Waals surface area (Å²) in [4.78, 5) is 18.9. The van der Waals surface area contributed by atoms with Gasteiger partial charge in [0.2, 0.25) is 5.95 Å². The van der Waals surface area contributed by atoms with Gasteiger partial charge in [-0.1, -0.05) is 31.4 Å². The molecule has 6 heteroatoms. The fourth-order valence-electron chi connectivity index (χ4n) is 4.84. The van der Waals surface area contributed by atoms with Crippen molar-refractivity contribution in [3.8, 4) is 0 Å². The molecule has 0 saturated heterocycles. The summed E-state index contributed by atoms with van der Waals surface area (Å²) in [6, 6.07) is 4.18. The largest absolute Gasteiger partial charge is 0.328 e. The van der Waals surface area contributed by atoms with Gasteiger partial charge in [0.25, 0.3) is 0 Å². The molecule has 0 aromatic carbocycles. The van der Waals surface area contributed by atoms with E-state index in [1.165, 1.54) is 11.3 Å². The molecular formula is C18H20N4OS. The summed E-state index contributed by atoms with van der Waals surface area (Å²) in [5.74, 6) is 1.23. The highest BCUT2D eigenvalue weighted by Crippen LogP contribution is 2.51. The van der Waals surface area contributed by atoms with E-state index >= 15 is 0 Å². The lowest BCUT2D eigenvalue weighted by atomic mass is 9.65. The molecule has 2 aromatic heterocycles. The number of aromatic nitrogens is 3. The predicted octanol–water partition coefficient (Wildman–Crippen LogP) is 3.68. The fourth-order valence-corrected chi connectivity index (χ4v) is 5.63. The van der Waals surface area contributed by atoms with Crippen LogP contribution in [-0.2, 0) is 10.3 Å². The number of Topliss-reactive ketones (excluding diaryl/α,β-unsaturated/α-hetero) is 1. The molecule has 124 valence electrons. The van der Waals surface area contributed by atoms with Crippen molar-refractivity contribution < 1.29 is 4.79 Å². The van der Waals surface area contributed by atoms with Crippen molar-refractivity contribution in [2.45, 2.75) is 50.0 Å². The fraction of sp³-hybridized carbons (Fsp3) is 0.500. The third kappa shape index (κ3) is 1.95. The summed E-state index contributed by atoms with van der Waals surface area (Å²) in [6.07, 6.45) is 10.1. The summed E-state index contributed by atoms with van der Waals surface area (Å²) in [7, 11) is 0. The molecule has 1 saturated carbocycles. The van der Waals surface area contributed by atoms with E-state index in [1.807, 2.05) is 4.68 Å². The van der Waals surface area contributed by atoms with E-state index in [0.29, 0.717) is 12.2 Å². The maximum atomic E-state index is 13.2. The van der Waals surface area contributed by atoms with E-state index in [4.69, 9.17) is 0 Å². The summed E-state index contributed by atoms with van der Waals surface area (Å²) in [5.41, 5.74) is 0.839. The number of hydrogen-bond donors (Lipinski definition) is 1. The molecule has 1 fully saturated rings. The van der Waals surface area contributed by atoms with Crippen molar-refractivity contribution in [3.63, 3.8) is 0 Å². The molecule has 2 aromatic rings. The van der Waals surface area contributed by atoms with Crippen molar-refractivity contribution in [1.82, 2.24) is 14.8 Å². The Kier molecular flexibility index (Phi) is 3.16. The minimum absolute atomic E-state index is 0.0942. The van der Waals surface area contributed by atoms with Gasteiger partial charge in [0.1, 0.15) is 12.1 Å². The number of thiophene rings is 1. The lowest BCUT2D eigenvalue weighted by molar-refractivity contribution is -0.127. The third-order valence-electron chi connectivity index (χ3n) is 5.83. The number of rotatable bonds is 1. The van der Waals surface area contributed by atoms with E-state index in [0.717, 1.165) is 37.3 Å². The van der Waals surface area contributed by atoms with E-state index in [9.17, 15) is 4.79 Å². The van der Waals surface area contributed by atoms with Gasteiger partial charge in [-0.2, -0.15) is 10.1 Å². The van der Waals surface area contributed by atoms with Crippen LogP contribution < -0.4 is 5.32 Å². The Labute approximate surface area is 144 Å². The Hall–Kier alpha value is -1.95. The first-order valence-corrected chi connectivity index (χ1v) is 9.61. The van der Waals surface area contributed by atoms with Gasteiger partial charge < -0.3 is 5.32 Å². The van der Waals surface area contributed by atoms with E-state index < -0.39 is 0 Å². The molecule has 0 unspecified atom stereocenters. The second-order valence-corrected chi connectivity index (χ2v) is 8.11. The zero-order valence-electron chi connectivity index (χ0n) is 13.4. The standard InChI is InChI=1S/C18H20N4OS/c23-14-10-12(15-5-4-8-24-15)9-13-16(14)18(6-2-1-3-7-18)22-17(21-13)19-11-20-22/h4-5,8-9,11-12,16H,1-3,6-7,10H2,(H,19,20,21)/t12-,16+/m0/s1. The zero-order valence-corrected chi connectivity index (χ0v) is 14.3. The molecule has 5 nitrogen and oxygen atoms in total. The number of carbonyl (C=O) groups excluding carboxylic acids is 1. The summed E-state index contributed by atoms with van der Waals surface area (Å²) in [5, 5.41) is 9.98. The average molecular weight is 340 g/mol. The van der Waals surface area contributed by atoms with Crippen LogP contribution in [0.1, 0.15) is 49.3 Å². The van der Waals surface area contributed by atoms with Crippen molar-refractivity contribution in [2.75, 3.05) is 5.32 Å². The second kappa shape index (κ2) is 5.28. The number of allylic oxidation sites excluding steroid dienone is 2. The van der Waals surface area contributed by atoms with Crippen LogP contribution in [0.15, 0.2) is 35.6 Å². The van der Waals surface area contributed by atoms with Crippen LogP contribution in [-0.4, -0.2) is 20.5 Å². The van der Waals surface area contributed by atoms with Gasteiger partial charge in [-0.3, -0.25) is 4.79 Å². The molecule has 5 rings (SSSR count). The SMILES string of the molecule is O=C1C[C@@H](c2cccs2)C=C2Nc3ncnn3C3(CCCCC3)[C@@H]12. The Bertz CT molecular complexity index is 801. The molecular weight excluding hydrogens is 320 g/mol. The van der Waals surface area contributed by atoms with Gasteiger partial charge in [0.05, 0.1) is 11.5 Å². The Balaban J connectivity index is 1.64. The highest BCUT2D eigenvalue weighted by molar-refractivity contribution is 7.10. The Morgan fingerprint density at radius 1 is 1.29 bits per heavy atom.